The molecule has 1 aliphatic rings. The van der Waals surface area contributed by atoms with E-state index in [9.17, 15) is 5.11 Å². The van der Waals surface area contributed by atoms with E-state index in [1.54, 1.807) is 13.2 Å². The normalized spacial score (nSPS) is 14.7. The van der Waals surface area contributed by atoms with Crippen LogP contribution >= 0.6 is 11.6 Å². The predicted molar refractivity (Wildman–Crippen MR) is 131 cm³/mol. The van der Waals surface area contributed by atoms with Gasteiger partial charge in [-0.2, -0.15) is 0 Å². The van der Waals surface area contributed by atoms with Gasteiger partial charge in [0.05, 0.1) is 23.8 Å². The highest BCUT2D eigenvalue weighted by Gasteiger charge is 2.15. The van der Waals surface area contributed by atoms with Crippen LogP contribution in [0.25, 0.3) is 21.8 Å². The van der Waals surface area contributed by atoms with Crippen LogP contribution < -0.4 is 10.1 Å². The number of piperidine rings is 1. The van der Waals surface area contributed by atoms with Crippen molar-refractivity contribution in [1.82, 2.24) is 9.88 Å². The lowest BCUT2D eigenvalue weighted by atomic mass is 10.1. The second-order valence-corrected chi connectivity index (χ2v) is 8.77. The number of halogens is 1. The number of aromatic hydroxyl groups is 1. The van der Waals surface area contributed by atoms with Crippen molar-refractivity contribution < 1.29 is 9.84 Å². The minimum atomic E-state index is 0.332. The van der Waals surface area contributed by atoms with Crippen molar-refractivity contribution in [3.8, 4) is 11.5 Å². The minimum Gasteiger partial charge on any atom is -0.508 e. The summed E-state index contributed by atoms with van der Waals surface area (Å²) in [6.45, 7) is 2.91. The molecule has 0 spiro atoms. The molecule has 0 aliphatic carbocycles. The van der Waals surface area contributed by atoms with E-state index in [1.807, 2.05) is 48.5 Å². The summed E-state index contributed by atoms with van der Waals surface area (Å²) in [6.07, 6.45) is 3.73. The number of ether oxygens (including phenoxy) is 1. The fraction of sp³-hybridized carbons (Fsp3) is 0.269. The van der Waals surface area contributed by atoms with Gasteiger partial charge in [-0.1, -0.05) is 18.0 Å². The Morgan fingerprint density at radius 1 is 0.969 bits per heavy atom. The van der Waals surface area contributed by atoms with Crippen LogP contribution in [0.3, 0.4) is 0 Å². The topological polar surface area (TPSA) is 57.6 Å². The quantitative estimate of drug-likeness (QED) is 0.270. The molecular weight excluding hydrogens is 422 g/mol. The highest BCUT2D eigenvalue weighted by Crippen LogP contribution is 2.37. The first kappa shape index (κ1) is 20.9. The van der Waals surface area contributed by atoms with Gasteiger partial charge in [0.1, 0.15) is 11.5 Å². The largest absolute Gasteiger partial charge is 0.508 e. The van der Waals surface area contributed by atoms with Gasteiger partial charge in [-0.25, -0.2) is 4.98 Å². The van der Waals surface area contributed by atoms with Crippen molar-refractivity contribution in [1.29, 1.82) is 0 Å². The second kappa shape index (κ2) is 8.85. The molecule has 0 atom stereocenters. The SMILES string of the molecule is COc1ccc2nc3cc(Cl)ccc3c(Nc3ccc(O)c(CN4CCCCC4)c3)c2c1. The lowest BCUT2D eigenvalue weighted by Gasteiger charge is -2.27. The van der Waals surface area contributed by atoms with E-state index in [1.165, 1.54) is 19.3 Å². The molecule has 3 aromatic carbocycles. The summed E-state index contributed by atoms with van der Waals surface area (Å²) >= 11 is 6.25. The Balaban J connectivity index is 1.58. The molecule has 32 heavy (non-hydrogen) atoms. The van der Waals surface area contributed by atoms with E-state index < -0.39 is 0 Å². The van der Waals surface area contributed by atoms with Gasteiger partial charge in [-0.05, 0) is 80.5 Å². The van der Waals surface area contributed by atoms with Crippen molar-refractivity contribution in [2.24, 2.45) is 0 Å². The summed E-state index contributed by atoms with van der Waals surface area (Å²) in [5.41, 5.74) is 4.47. The molecule has 0 amide bonds. The number of phenolic OH excluding ortho intramolecular Hbond substituents is 1. The molecule has 5 nitrogen and oxygen atoms in total. The fourth-order valence-corrected chi connectivity index (χ4v) is 4.62. The maximum atomic E-state index is 10.5. The first-order chi connectivity index (χ1) is 15.6. The van der Waals surface area contributed by atoms with Crippen molar-refractivity contribution in [3.63, 3.8) is 0 Å². The molecule has 1 aliphatic heterocycles. The summed E-state index contributed by atoms with van der Waals surface area (Å²) in [7, 11) is 1.66. The highest BCUT2D eigenvalue weighted by atomic mass is 35.5. The summed E-state index contributed by atoms with van der Waals surface area (Å²) in [5.74, 6) is 1.10. The molecule has 0 saturated carbocycles. The summed E-state index contributed by atoms with van der Waals surface area (Å²) in [6, 6.07) is 17.3. The molecule has 2 N–H and O–H groups in total. The lowest BCUT2D eigenvalue weighted by Crippen LogP contribution is -2.29. The number of aromatic nitrogens is 1. The number of methoxy groups -OCH3 is 1. The van der Waals surface area contributed by atoms with E-state index in [-0.39, 0.29) is 0 Å². The van der Waals surface area contributed by atoms with E-state index in [0.29, 0.717) is 10.8 Å². The number of fused-ring (bicyclic) bond motifs is 2. The van der Waals surface area contributed by atoms with E-state index in [0.717, 1.165) is 64.1 Å². The van der Waals surface area contributed by atoms with Crippen molar-refractivity contribution in [3.05, 3.63) is 65.2 Å². The third-order valence-corrected chi connectivity index (χ3v) is 6.37. The number of phenols is 1. The van der Waals surface area contributed by atoms with Crippen LogP contribution in [0.5, 0.6) is 11.5 Å². The molecule has 0 unspecified atom stereocenters. The molecule has 1 fully saturated rings. The number of nitrogens with zero attached hydrogens (tertiary/aromatic N) is 2. The molecule has 1 saturated heterocycles. The number of hydrogen-bond acceptors (Lipinski definition) is 5. The number of benzene rings is 3. The molecule has 4 aromatic rings. The van der Waals surface area contributed by atoms with Gasteiger partial charge in [0.25, 0.3) is 0 Å². The fourth-order valence-electron chi connectivity index (χ4n) is 4.45. The smallest absolute Gasteiger partial charge is 0.120 e. The summed E-state index contributed by atoms with van der Waals surface area (Å²) < 4.78 is 5.46. The van der Waals surface area contributed by atoms with Crippen LogP contribution in [-0.4, -0.2) is 35.2 Å². The van der Waals surface area contributed by atoms with Gasteiger partial charge >= 0.3 is 0 Å². The number of pyridine rings is 1. The minimum absolute atomic E-state index is 0.332. The number of anilines is 2. The van der Waals surface area contributed by atoms with Gasteiger partial charge < -0.3 is 15.2 Å². The number of rotatable bonds is 5. The number of likely N-dealkylation sites (tertiary alicyclic amines) is 1. The van der Waals surface area contributed by atoms with Crippen LogP contribution in [-0.2, 0) is 6.54 Å². The number of hydrogen-bond donors (Lipinski definition) is 2. The van der Waals surface area contributed by atoms with E-state index in [4.69, 9.17) is 21.3 Å². The Morgan fingerprint density at radius 2 is 1.81 bits per heavy atom. The molecular formula is C26H26ClN3O2. The Labute approximate surface area is 192 Å². The maximum absolute atomic E-state index is 10.5. The average molecular weight is 448 g/mol. The summed E-state index contributed by atoms with van der Waals surface area (Å²) in [5, 5.41) is 16.7. The van der Waals surface area contributed by atoms with Gasteiger partial charge in [-0.15, -0.1) is 0 Å². The van der Waals surface area contributed by atoms with Gasteiger partial charge in [0.15, 0.2) is 0 Å². The van der Waals surface area contributed by atoms with Gasteiger partial charge in [0, 0.05) is 33.6 Å². The zero-order chi connectivity index (χ0) is 22.1. The van der Waals surface area contributed by atoms with Gasteiger partial charge in [-0.3, -0.25) is 4.90 Å². The second-order valence-electron chi connectivity index (χ2n) is 8.34. The van der Waals surface area contributed by atoms with Crippen molar-refractivity contribution >= 4 is 44.8 Å². The first-order valence-electron chi connectivity index (χ1n) is 11.0. The standard InChI is InChI=1S/C26H26ClN3O2/c1-32-20-7-9-23-22(15-20)26(21-8-5-18(27)14-24(21)29-23)28-19-6-10-25(31)17(13-19)16-30-11-3-2-4-12-30/h5-10,13-15,31H,2-4,11-12,16H2,1H3,(H,28,29). The molecule has 1 aromatic heterocycles. The Kier molecular flexibility index (Phi) is 5.77. The van der Waals surface area contributed by atoms with Crippen LogP contribution in [0, 0.1) is 0 Å². The monoisotopic (exact) mass is 447 g/mol. The maximum Gasteiger partial charge on any atom is 0.120 e. The van der Waals surface area contributed by atoms with E-state index >= 15 is 0 Å². The molecule has 6 heteroatoms. The zero-order valence-corrected chi connectivity index (χ0v) is 18.8. The third kappa shape index (κ3) is 4.18. The molecule has 164 valence electrons. The Hall–Kier alpha value is -3.02. The van der Waals surface area contributed by atoms with Crippen LogP contribution in [0.1, 0.15) is 24.8 Å². The summed E-state index contributed by atoms with van der Waals surface area (Å²) in [4.78, 5) is 7.21. The zero-order valence-electron chi connectivity index (χ0n) is 18.1. The lowest BCUT2D eigenvalue weighted by molar-refractivity contribution is 0.218. The molecule has 0 radical (unpaired) electrons. The highest BCUT2D eigenvalue weighted by molar-refractivity contribution is 6.31. The van der Waals surface area contributed by atoms with Gasteiger partial charge in [0.2, 0.25) is 0 Å². The van der Waals surface area contributed by atoms with Crippen molar-refractivity contribution in [2.75, 3.05) is 25.5 Å². The van der Waals surface area contributed by atoms with Crippen LogP contribution in [0.2, 0.25) is 5.02 Å². The molecule has 0 bridgehead atoms. The Morgan fingerprint density at radius 3 is 2.62 bits per heavy atom. The van der Waals surface area contributed by atoms with Crippen molar-refractivity contribution in [2.45, 2.75) is 25.8 Å². The third-order valence-electron chi connectivity index (χ3n) is 6.13. The average Bonchev–Trinajstić information content (AvgIpc) is 2.81. The van der Waals surface area contributed by atoms with E-state index in [2.05, 4.69) is 10.2 Å². The molecule has 2 heterocycles. The predicted octanol–water partition coefficient (Wildman–Crippen LogP) is 6.49. The molecule has 5 rings (SSSR count). The number of nitrogens with one attached hydrogen (secondary N) is 1. The van der Waals surface area contributed by atoms with Crippen LogP contribution in [0.15, 0.2) is 54.6 Å². The Bertz CT molecular complexity index is 1290. The van der Waals surface area contributed by atoms with Crippen LogP contribution in [0.4, 0.5) is 11.4 Å². The first-order valence-corrected chi connectivity index (χ1v) is 11.4.